The molecular formula is C23H31ClF2N2OS2. The molecule has 2 N–H and O–H groups in total. The maximum absolute atomic E-state index is 14.3. The molecule has 4 rings (SSSR count). The van der Waals surface area contributed by atoms with E-state index < -0.39 is 0 Å². The Hall–Kier alpha value is -0.860. The molecule has 172 valence electrons. The smallest absolute Gasteiger partial charge is 0.179 e. The first-order valence-electron chi connectivity index (χ1n) is 11.0. The number of carbonyl (C=O) groups is 1. The summed E-state index contributed by atoms with van der Waals surface area (Å²) in [4.78, 5) is 14.0. The van der Waals surface area contributed by atoms with Gasteiger partial charge in [-0.15, -0.1) is 35.1 Å². The van der Waals surface area contributed by atoms with E-state index in [1.165, 1.54) is 0 Å². The van der Waals surface area contributed by atoms with E-state index in [0.717, 1.165) is 74.5 Å². The molecule has 0 radical (unpaired) electrons. The zero-order chi connectivity index (χ0) is 20.9. The van der Waals surface area contributed by atoms with Crippen LogP contribution in [0.3, 0.4) is 0 Å². The number of ketones is 1. The van der Waals surface area contributed by atoms with Crippen molar-refractivity contribution >= 4 is 40.9 Å². The first kappa shape index (κ1) is 24.8. The van der Waals surface area contributed by atoms with E-state index in [0.29, 0.717) is 24.0 Å². The number of Topliss-reactive ketones (excluding diaryl/α,β-unsaturated/α-hetero) is 1. The van der Waals surface area contributed by atoms with Crippen molar-refractivity contribution in [3.63, 3.8) is 0 Å². The van der Waals surface area contributed by atoms with Crippen molar-refractivity contribution < 1.29 is 13.6 Å². The number of piperidine rings is 2. The lowest BCUT2D eigenvalue weighted by Gasteiger charge is -2.36. The van der Waals surface area contributed by atoms with E-state index >= 15 is 0 Å². The van der Waals surface area contributed by atoms with Crippen LogP contribution in [-0.4, -0.2) is 32.0 Å². The van der Waals surface area contributed by atoms with Crippen molar-refractivity contribution in [1.29, 1.82) is 0 Å². The molecule has 2 fully saturated rings. The summed E-state index contributed by atoms with van der Waals surface area (Å²) >= 11 is 2.20. The van der Waals surface area contributed by atoms with Gasteiger partial charge < -0.3 is 10.6 Å². The van der Waals surface area contributed by atoms with Crippen LogP contribution in [0.5, 0.6) is 0 Å². The maximum atomic E-state index is 14.3. The largest absolute Gasteiger partial charge is 0.317 e. The minimum absolute atomic E-state index is 0. The summed E-state index contributed by atoms with van der Waals surface area (Å²) in [7, 11) is 0. The molecule has 8 heteroatoms. The molecule has 3 nitrogen and oxygen atoms in total. The molecule has 0 aromatic carbocycles. The number of rotatable bonds is 8. The van der Waals surface area contributed by atoms with Crippen LogP contribution in [0.4, 0.5) is 8.78 Å². The Balaban J connectivity index is 0.00000272. The highest BCUT2D eigenvalue weighted by molar-refractivity contribution is 7.08. The summed E-state index contributed by atoms with van der Waals surface area (Å²) in [5, 5.41) is 9.92. The Kier molecular flexibility index (Phi) is 9.47. The third kappa shape index (κ3) is 6.14. The van der Waals surface area contributed by atoms with Crippen molar-refractivity contribution in [2.45, 2.75) is 38.5 Å². The van der Waals surface area contributed by atoms with Gasteiger partial charge >= 0.3 is 0 Å². The van der Waals surface area contributed by atoms with Crippen LogP contribution in [0.2, 0.25) is 0 Å². The van der Waals surface area contributed by atoms with Crippen LogP contribution < -0.4 is 10.6 Å². The van der Waals surface area contributed by atoms with E-state index in [2.05, 4.69) is 10.6 Å². The molecule has 2 aliphatic rings. The van der Waals surface area contributed by atoms with E-state index in [9.17, 15) is 13.6 Å². The van der Waals surface area contributed by atoms with Gasteiger partial charge in [-0.2, -0.15) is 8.78 Å². The normalized spacial score (nSPS) is 20.2. The molecule has 31 heavy (non-hydrogen) atoms. The standard InChI is InChI=1S/C23H30F2N2OS2.ClH/c24-22-17(5-11-29-22)13-19(15-1-7-26-8-2-15)21(28)20(16-3-9-27-10-4-16)14-18-6-12-30-23(18)25;/h5-6,11-12,15-16,19-20,26-27H,1-4,7-10,13-14H2;1H. The van der Waals surface area contributed by atoms with Crippen LogP contribution in [0.1, 0.15) is 36.8 Å². The minimum Gasteiger partial charge on any atom is -0.317 e. The monoisotopic (exact) mass is 488 g/mol. The average molecular weight is 489 g/mol. The zero-order valence-electron chi connectivity index (χ0n) is 17.6. The Bertz CT molecular complexity index is 765. The van der Waals surface area contributed by atoms with Crippen LogP contribution in [0, 0.1) is 33.9 Å². The SMILES string of the molecule is Cl.O=C(C(Cc1ccsc1F)C1CCNCC1)C(Cc1ccsc1F)C1CCNCC1. The molecule has 2 unspecified atom stereocenters. The van der Waals surface area contributed by atoms with Gasteiger partial charge in [-0.3, -0.25) is 4.79 Å². The Morgan fingerprint density at radius 1 is 0.839 bits per heavy atom. The van der Waals surface area contributed by atoms with Crippen molar-refractivity contribution in [3.05, 3.63) is 44.3 Å². The second-order valence-electron chi connectivity index (χ2n) is 8.64. The van der Waals surface area contributed by atoms with E-state index in [4.69, 9.17) is 0 Å². The van der Waals surface area contributed by atoms with Crippen LogP contribution >= 0.6 is 35.1 Å². The van der Waals surface area contributed by atoms with Crippen molar-refractivity contribution in [1.82, 2.24) is 10.6 Å². The molecule has 2 aliphatic heterocycles. The predicted molar refractivity (Wildman–Crippen MR) is 126 cm³/mol. The second kappa shape index (κ2) is 11.8. The molecule has 0 saturated carbocycles. The summed E-state index contributed by atoms with van der Waals surface area (Å²) < 4.78 is 28.6. The number of thiophene rings is 2. The first-order valence-corrected chi connectivity index (χ1v) is 12.8. The van der Waals surface area contributed by atoms with Crippen molar-refractivity contribution in [2.24, 2.45) is 23.7 Å². The zero-order valence-corrected chi connectivity index (χ0v) is 20.0. The van der Waals surface area contributed by atoms with Gasteiger partial charge in [0.2, 0.25) is 0 Å². The summed E-state index contributed by atoms with van der Waals surface area (Å²) in [6.45, 7) is 3.60. The molecule has 0 amide bonds. The third-order valence-corrected chi connectivity index (χ3v) is 8.39. The van der Waals surface area contributed by atoms with Gasteiger partial charge in [-0.05, 0) is 111 Å². The lowest BCUT2D eigenvalue weighted by molar-refractivity contribution is -0.131. The fourth-order valence-electron chi connectivity index (χ4n) is 5.17. The van der Waals surface area contributed by atoms with Crippen LogP contribution in [0.15, 0.2) is 22.9 Å². The molecule has 2 aromatic heterocycles. The van der Waals surface area contributed by atoms with Crippen LogP contribution in [-0.2, 0) is 17.6 Å². The fourth-order valence-corrected chi connectivity index (χ4v) is 6.48. The molecule has 0 spiro atoms. The van der Waals surface area contributed by atoms with Crippen molar-refractivity contribution in [2.75, 3.05) is 26.2 Å². The quantitative estimate of drug-likeness (QED) is 0.543. The summed E-state index contributed by atoms with van der Waals surface area (Å²) in [5.41, 5.74) is 1.31. The van der Waals surface area contributed by atoms with Gasteiger partial charge in [0.1, 0.15) is 5.78 Å². The number of carbonyl (C=O) groups excluding carboxylic acids is 1. The average Bonchev–Trinajstić information content (AvgIpc) is 3.38. The molecule has 2 atom stereocenters. The number of halogens is 3. The van der Waals surface area contributed by atoms with Gasteiger partial charge in [0.05, 0.1) is 0 Å². The second-order valence-corrected chi connectivity index (χ2v) is 10.4. The first-order chi connectivity index (χ1) is 14.6. The van der Waals surface area contributed by atoms with Gasteiger partial charge in [0, 0.05) is 11.8 Å². The lowest BCUT2D eigenvalue weighted by atomic mass is 9.70. The van der Waals surface area contributed by atoms with E-state index in [1.54, 1.807) is 10.8 Å². The molecule has 2 saturated heterocycles. The maximum Gasteiger partial charge on any atom is 0.179 e. The highest BCUT2D eigenvalue weighted by Gasteiger charge is 2.38. The summed E-state index contributed by atoms with van der Waals surface area (Å²) in [5.74, 6) is 0.352. The topological polar surface area (TPSA) is 41.1 Å². The molecule has 2 aromatic rings. The lowest BCUT2D eigenvalue weighted by Crippen LogP contribution is -2.42. The molecule has 0 aliphatic carbocycles. The number of nitrogens with one attached hydrogen (secondary N) is 2. The minimum atomic E-state index is -0.196. The fraction of sp³-hybridized carbons (Fsp3) is 0.609. The van der Waals surface area contributed by atoms with Gasteiger partial charge in [-0.25, -0.2) is 0 Å². The summed E-state index contributed by atoms with van der Waals surface area (Å²) in [6, 6.07) is 3.64. The Morgan fingerprint density at radius 3 is 1.55 bits per heavy atom. The van der Waals surface area contributed by atoms with Gasteiger partial charge in [0.15, 0.2) is 10.3 Å². The third-order valence-electron chi connectivity index (χ3n) is 6.90. The Labute approximate surface area is 197 Å². The van der Waals surface area contributed by atoms with E-state index in [-0.39, 0.29) is 52.1 Å². The summed E-state index contributed by atoms with van der Waals surface area (Å²) in [6.07, 6.45) is 4.68. The van der Waals surface area contributed by atoms with E-state index in [1.807, 2.05) is 12.1 Å². The van der Waals surface area contributed by atoms with Crippen LogP contribution in [0.25, 0.3) is 0 Å². The van der Waals surface area contributed by atoms with Gasteiger partial charge in [0.25, 0.3) is 0 Å². The Morgan fingerprint density at radius 2 is 1.23 bits per heavy atom. The number of hydrogen-bond donors (Lipinski definition) is 2. The van der Waals surface area contributed by atoms with Gasteiger partial charge in [-0.1, -0.05) is 0 Å². The highest BCUT2D eigenvalue weighted by atomic mass is 35.5. The predicted octanol–water partition coefficient (Wildman–Crippen LogP) is 5.10. The molecular weight excluding hydrogens is 458 g/mol. The highest BCUT2D eigenvalue weighted by Crippen LogP contribution is 2.36. The molecule has 0 bridgehead atoms. The molecule has 4 heterocycles. The number of hydrogen-bond acceptors (Lipinski definition) is 5. The van der Waals surface area contributed by atoms with Crippen molar-refractivity contribution in [3.8, 4) is 0 Å².